The highest BCUT2D eigenvalue weighted by molar-refractivity contribution is 9.10. The number of hydrogen-bond donors (Lipinski definition) is 1. The average molecular weight is 358 g/mol. The Morgan fingerprint density at radius 1 is 1.16 bits per heavy atom. The fourth-order valence-electron chi connectivity index (χ4n) is 1.71. The van der Waals surface area contributed by atoms with Crippen molar-refractivity contribution in [1.29, 1.82) is 0 Å². The Balaban J connectivity index is 1.89. The van der Waals surface area contributed by atoms with Gasteiger partial charge in [0.05, 0.1) is 6.10 Å². The minimum Gasteiger partial charge on any atom is -0.392 e. The first-order valence-electron chi connectivity index (χ1n) is 5.95. The third-order valence-corrected chi connectivity index (χ3v) is 4.66. The fourth-order valence-corrected chi connectivity index (χ4v) is 3.31. The Labute approximate surface area is 131 Å². The van der Waals surface area contributed by atoms with E-state index in [1.807, 2.05) is 48.5 Å². The first kappa shape index (κ1) is 14.9. The Hall–Kier alpha value is -0.480. The van der Waals surface area contributed by atoms with Crippen molar-refractivity contribution < 1.29 is 5.11 Å². The first-order chi connectivity index (χ1) is 9.15. The lowest BCUT2D eigenvalue weighted by Gasteiger charge is -2.11. The minimum absolute atomic E-state index is 0.399. The van der Waals surface area contributed by atoms with E-state index in [4.69, 9.17) is 11.6 Å². The lowest BCUT2D eigenvalue weighted by molar-refractivity contribution is 0.200. The van der Waals surface area contributed by atoms with E-state index in [9.17, 15) is 5.11 Å². The molecule has 0 aliphatic carbocycles. The maximum Gasteiger partial charge on any atom is 0.0674 e. The number of thioether (sulfide) groups is 1. The molecule has 0 radical (unpaired) electrons. The zero-order valence-electron chi connectivity index (χ0n) is 10.2. The van der Waals surface area contributed by atoms with E-state index >= 15 is 0 Å². The van der Waals surface area contributed by atoms with Crippen molar-refractivity contribution in [2.75, 3.05) is 5.75 Å². The first-order valence-corrected chi connectivity index (χ1v) is 8.10. The molecule has 0 aliphatic heterocycles. The topological polar surface area (TPSA) is 20.2 Å². The summed E-state index contributed by atoms with van der Waals surface area (Å²) in [5.41, 5.74) is 0.978. The zero-order valence-corrected chi connectivity index (χ0v) is 13.4. The van der Waals surface area contributed by atoms with Gasteiger partial charge in [0.15, 0.2) is 0 Å². The standard InChI is InChI=1S/C15H14BrClOS/c16-12-7-6-11(15(17)9-12)8-13(18)10-19-14-4-2-1-3-5-14/h1-7,9,13,18H,8,10H2. The monoisotopic (exact) mass is 356 g/mol. The number of hydrogen-bond acceptors (Lipinski definition) is 2. The molecule has 4 heteroatoms. The summed E-state index contributed by atoms with van der Waals surface area (Å²) in [6.07, 6.45) is 0.176. The van der Waals surface area contributed by atoms with Crippen molar-refractivity contribution >= 4 is 39.3 Å². The number of aliphatic hydroxyl groups is 1. The van der Waals surface area contributed by atoms with Gasteiger partial charge in [0.25, 0.3) is 0 Å². The van der Waals surface area contributed by atoms with Crippen LogP contribution < -0.4 is 0 Å². The maximum atomic E-state index is 10.1. The lowest BCUT2D eigenvalue weighted by atomic mass is 10.1. The quantitative estimate of drug-likeness (QED) is 0.776. The molecule has 100 valence electrons. The average Bonchev–Trinajstić information content (AvgIpc) is 2.41. The summed E-state index contributed by atoms with van der Waals surface area (Å²) in [5, 5.41) is 10.8. The van der Waals surface area contributed by atoms with Crippen LogP contribution in [0.15, 0.2) is 57.9 Å². The van der Waals surface area contributed by atoms with Crippen molar-refractivity contribution in [1.82, 2.24) is 0 Å². The van der Waals surface area contributed by atoms with Crippen LogP contribution in [0.1, 0.15) is 5.56 Å². The van der Waals surface area contributed by atoms with Gasteiger partial charge in [0, 0.05) is 26.6 Å². The lowest BCUT2D eigenvalue weighted by Crippen LogP contribution is -2.13. The molecule has 1 nitrogen and oxygen atoms in total. The van der Waals surface area contributed by atoms with Gasteiger partial charge in [0.2, 0.25) is 0 Å². The predicted octanol–water partition coefficient (Wildman–Crippen LogP) is 4.80. The third-order valence-electron chi connectivity index (χ3n) is 2.66. The van der Waals surface area contributed by atoms with Crippen LogP contribution in [-0.2, 0) is 6.42 Å². The number of benzene rings is 2. The van der Waals surface area contributed by atoms with Gasteiger partial charge in [-0.2, -0.15) is 0 Å². The molecule has 0 saturated carbocycles. The van der Waals surface area contributed by atoms with E-state index in [1.165, 1.54) is 4.90 Å². The predicted molar refractivity (Wildman–Crippen MR) is 86.0 cm³/mol. The Bertz CT molecular complexity index is 533. The highest BCUT2D eigenvalue weighted by atomic mass is 79.9. The molecular formula is C15H14BrClOS. The van der Waals surface area contributed by atoms with E-state index in [0.717, 1.165) is 10.0 Å². The molecule has 0 heterocycles. The van der Waals surface area contributed by atoms with E-state index in [1.54, 1.807) is 11.8 Å². The van der Waals surface area contributed by atoms with E-state index in [-0.39, 0.29) is 0 Å². The molecule has 1 unspecified atom stereocenters. The van der Waals surface area contributed by atoms with Gasteiger partial charge in [-0.05, 0) is 29.8 Å². The van der Waals surface area contributed by atoms with Crippen molar-refractivity contribution in [3.8, 4) is 0 Å². The van der Waals surface area contributed by atoms with Crippen molar-refractivity contribution in [2.24, 2.45) is 0 Å². The van der Waals surface area contributed by atoms with Crippen LogP contribution in [0.3, 0.4) is 0 Å². The molecule has 0 bridgehead atoms. The van der Waals surface area contributed by atoms with Crippen LogP contribution in [0.5, 0.6) is 0 Å². The Morgan fingerprint density at radius 2 is 1.89 bits per heavy atom. The molecule has 0 spiro atoms. The summed E-state index contributed by atoms with van der Waals surface area (Å²) in [5.74, 6) is 0.663. The highest BCUT2D eigenvalue weighted by Crippen LogP contribution is 2.24. The number of aliphatic hydroxyl groups excluding tert-OH is 1. The van der Waals surface area contributed by atoms with Crippen molar-refractivity contribution in [3.05, 3.63) is 63.6 Å². The van der Waals surface area contributed by atoms with Crippen LogP contribution in [0.4, 0.5) is 0 Å². The smallest absolute Gasteiger partial charge is 0.0674 e. The SMILES string of the molecule is OC(CSc1ccccc1)Cc1ccc(Br)cc1Cl. The second kappa shape index (κ2) is 7.34. The van der Waals surface area contributed by atoms with Gasteiger partial charge in [0.1, 0.15) is 0 Å². The summed E-state index contributed by atoms with van der Waals surface area (Å²) in [7, 11) is 0. The zero-order chi connectivity index (χ0) is 13.7. The van der Waals surface area contributed by atoms with Crippen molar-refractivity contribution in [3.63, 3.8) is 0 Å². The molecule has 19 heavy (non-hydrogen) atoms. The molecule has 0 aliphatic rings. The summed E-state index contributed by atoms with van der Waals surface area (Å²) in [4.78, 5) is 1.17. The van der Waals surface area contributed by atoms with Gasteiger partial charge in [-0.15, -0.1) is 11.8 Å². The molecule has 2 rings (SSSR count). The van der Waals surface area contributed by atoms with Crippen LogP contribution >= 0.6 is 39.3 Å². The second-order valence-corrected chi connectivity index (χ2v) is 6.63. The molecule has 2 aromatic carbocycles. The van der Waals surface area contributed by atoms with Gasteiger partial charge in [-0.1, -0.05) is 51.8 Å². The molecule has 0 fully saturated rings. The molecule has 0 aromatic heterocycles. The van der Waals surface area contributed by atoms with Crippen LogP contribution in [-0.4, -0.2) is 17.0 Å². The molecule has 0 saturated heterocycles. The third kappa shape index (κ3) is 4.84. The normalized spacial score (nSPS) is 12.4. The van der Waals surface area contributed by atoms with Gasteiger partial charge in [-0.3, -0.25) is 0 Å². The minimum atomic E-state index is -0.399. The molecule has 0 amide bonds. The van der Waals surface area contributed by atoms with Crippen LogP contribution in [0, 0.1) is 0 Å². The number of halogens is 2. The van der Waals surface area contributed by atoms with E-state index in [0.29, 0.717) is 17.2 Å². The largest absolute Gasteiger partial charge is 0.392 e. The Kier molecular flexibility index (Phi) is 5.76. The highest BCUT2D eigenvalue weighted by Gasteiger charge is 2.09. The summed E-state index contributed by atoms with van der Waals surface area (Å²) >= 11 is 11.2. The summed E-state index contributed by atoms with van der Waals surface area (Å²) in [6, 6.07) is 15.8. The molecule has 1 N–H and O–H groups in total. The fraction of sp³-hybridized carbons (Fsp3) is 0.200. The van der Waals surface area contributed by atoms with Crippen LogP contribution in [0.25, 0.3) is 0 Å². The molecule has 1 atom stereocenters. The Morgan fingerprint density at radius 3 is 2.58 bits per heavy atom. The summed E-state index contributed by atoms with van der Waals surface area (Å²) < 4.78 is 0.953. The number of rotatable bonds is 5. The second-order valence-electron chi connectivity index (χ2n) is 4.22. The van der Waals surface area contributed by atoms with Gasteiger partial charge < -0.3 is 5.11 Å². The summed E-state index contributed by atoms with van der Waals surface area (Å²) in [6.45, 7) is 0. The maximum absolute atomic E-state index is 10.1. The van der Waals surface area contributed by atoms with E-state index < -0.39 is 6.10 Å². The van der Waals surface area contributed by atoms with Gasteiger partial charge >= 0.3 is 0 Å². The van der Waals surface area contributed by atoms with Gasteiger partial charge in [-0.25, -0.2) is 0 Å². The van der Waals surface area contributed by atoms with Crippen molar-refractivity contribution in [2.45, 2.75) is 17.4 Å². The van der Waals surface area contributed by atoms with E-state index in [2.05, 4.69) is 15.9 Å². The van der Waals surface area contributed by atoms with Crippen LogP contribution in [0.2, 0.25) is 5.02 Å². The molecule has 2 aromatic rings. The molecular weight excluding hydrogens is 344 g/mol.